The van der Waals surface area contributed by atoms with Crippen molar-refractivity contribution >= 4 is 5.91 Å². The Kier molecular flexibility index (Phi) is 5.11. The normalized spacial score (nSPS) is 18.3. The van der Waals surface area contributed by atoms with Crippen LogP contribution in [0.1, 0.15) is 48.7 Å². The van der Waals surface area contributed by atoms with Crippen molar-refractivity contribution < 1.29 is 9.21 Å². The Hall–Kier alpha value is -2.07. The van der Waals surface area contributed by atoms with Crippen LogP contribution in [-0.4, -0.2) is 36.5 Å². The lowest BCUT2D eigenvalue weighted by atomic mass is 10.0. The summed E-state index contributed by atoms with van der Waals surface area (Å²) < 4.78 is 5.87. The van der Waals surface area contributed by atoms with Gasteiger partial charge in [-0.05, 0) is 62.3 Å². The van der Waals surface area contributed by atoms with E-state index in [2.05, 4.69) is 36.5 Å². The lowest BCUT2D eigenvalue weighted by molar-refractivity contribution is 0.0674. The van der Waals surface area contributed by atoms with E-state index in [1.807, 2.05) is 17.0 Å². The zero-order valence-electron chi connectivity index (χ0n) is 15.5. The second-order valence-corrected chi connectivity index (χ2v) is 7.63. The molecule has 2 aromatic rings. The molecule has 4 heteroatoms. The van der Waals surface area contributed by atoms with Crippen LogP contribution in [0.2, 0.25) is 0 Å². The third-order valence-electron chi connectivity index (χ3n) is 5.64. The Balaban J connectivity index is 1.34. The molecule has 1 N–H and O–H groups in total. The first-order valence-electron chi connectivity index (χ1n) is 9.94. The standard InChI is InChI=1S/C22H28N2O2/c1-2-16-5-7-18(8-6-16)20-9-10-21(26-20)22(25)24-13-11-19(12-14-24)23-15-17-3-4-17/h5-10,17,19,23H,2-4,11-15H2,1H3. The van der Waals surface area contributed by atoms with E-state index in [0.29, 0.717) is 11.8 Å². The Morgan fingerprint density at radius 1 is 1.08 bits per heavy atom. The number of aryl methyl sites for hydroxylation is 1. The minimum atomic E-state index is 0.0158. The lowest BCUT2D eigenvalue weighted by Gasteiger charge is -2.32. The Labute approximate surface area is 155 Å². The van der Waals surface area contributed by atoms with E-state index in [4.69, 9.17) is 4.42 Å². The fraction of sp³-hybridized carbons (Fsp3) is 0.500. The minimum absolute atomic E-state index is 0.0158. The average molecular weight is 352 g/mol. The fourth-order valence-corrected chi connectivity index (χ4v) is 3.61. The molecule has 0 atom stereocenters. The zero-order chi connectivity index (χ0) is 17.9. The Morgan fingerprint density at radius 3 is 2.46 bits per heavy atom. The van der Waals surface area contributed by atoms with E-state index >= 15 is 0 Å². The molecule has 1 saturated carbocycles. The minimum Gasteiger partial charge on any atom is -0.451 e. The summed E-state index contributed by atoms with van der Waals surface area (Å²) in [5.41, 5.74) is 2.32. The van der Waals surface area contributed by atoms with Crippen molar-refractivity contribution in [2.24, 2.45) is 5.92 Å². The van der Waals surface area contributed by atoms with Gasteiger partial charge in [0, 0.05) is 24.7 Å². The molecule has 26 heavy (non-hydrogen) atoms. The van der Waals surface area contributed by atoms with Gasteiger partial charge < -0.3 is 14.6 Å². The molecule has 138 valence electrons. The smallest absolute Gasteiger partial charge is 0.289 e. The van der Waals surface area contributed by atoms with Gasteiger partial charge in [0.15, 0.2) is 5.76 Å². The molecular formula is C22H28N2O2. The van der Waals surface area contributed by atoms with Gasteiger partial charge in [-0.2, -0.15) is 0 Å². The Morgan fingerprint density at radius 2 is 1.81 bits per heavy atom. The first-order chi connectivity index (χ1) is 12.7. The molecule has 1 amide bonds. The van der Waals surface area contributed by atoms with Crippen molar-refractivity contribution in [1.82, 2.24) is 10.2 Å². The van der Waals surface area contributed by atoms with Crippen LogP contribution in [-0.2, 0) is 6.42 Å². The monoisotopic (exact) mass is 352 g/mol. The number of piperidine rings is 1. The maximum atomic E-state index is 12.7. The predicted molar refractivity (Wildman–Crippen MR) is 103 cm³/mol. The van der Waals surface area contributed by atoms with Crippen molar-refractivity contribution in [3.05, 3.63) is 47.7 Å². The molecule has 2 aliphatic rings. The molecule has 0 radical (unpaired) electrons. The maximum absolute atomic E-state index is 12.7. The van der Waals surface area contributed by atoms with E-state index in [0.717, 1.165) is 56.1 Å². The number of rotatable bonds is 6. The number of nitrogens with zero attached hydrogens (tertiary/aromatic N) is 1. The first kappa shape index (κ1) is 17.3. The van der Waals surface area contributed by atoms with Crippen molar-refractivity contribution in [2.75, 3.05) is 19.6 Å². The number of carbonyl (C=O) groups is 1. The summed E-state index contributed by atoms with van der Waals surface area (Å²) in [5, 5.41) is 3.66. The van der Waals surface area contributed by atoms with E-state index in [-0.39, 0.29) is 5.91 Å². The van der Waals surface area contributed by atoms with Crippen molar-refractivity contribution in [1.29, 1.82) is 0 Å². The molecule has 2 fully saturated rings. The summed E-state index contributed by atoms with van der Waals surface area (Å²) in [6.07, 6.45) is 5.85. The molecular weight excluding hydrogens is 324 g/mol. The van der Waals surface area contributed by atoms with E-state index in [1.165, 1.54) is 18.4 Å². The molecule has 1 aliphatic carbocycles. The van der Waals surface area contributed by atoms with Gasteiger partial charge in [0.25, 0.3) is 5.91 Å². The largest absolute Gasteiger partial charge is 0.451 e. The molecule has 0 unspecified atom stereocenters. The van der Waals surface area contributed by atoms with Gasteiger partial charge in [-0.1, -0.05) is 31.2 Å². The average Bonchev–Trinajstić information content (AvgIpc) is 3.40. The molecule has 0 spiro atoms. The van der Waals surface area contributed by atoms with Gasteiger partial charge in [0.1, 0.15) is 5.76 Å². The number of hydrogen-bond acceptors (Lipinski definition) is 3. The van der Waals surface area contributed by atoms with Gasteiger partial charge in [-0.15, -0.1) is 0 Å². The molecule has 4 nitrogen and oxygen atoms in total. The first-order valence-corrected chi connectivity index (χ1v) is 9.94. The van der Waals surface area contributed by atoms with Crippen molar-refractivity contribution in [3.8, 4) is 11.3 Å². The quantitative estimate of drug-likeness (QED) is 0.851. The van der Waals surface area contributed by atoms with Crippen LogP contribution >= 0.6 is 0 Å². The second-order valence-electron chi connectivity index (χ2n) is 7.63. The lowest BCUT2D eigenvalue weighted by Crippen LogP contribution is -2.45. The molecule has 1 aromatic carbocycles. The molecule has 0 bridgehead atoms. The van der Waals surface area contributed by atoms with Gasteiger partial charge in [-0.3, -0.25) is 4.79 Å². The highest BCUT2D eigenvalue weighted by molar-refractivity contribution is 5.92. The molecule has 1 aromatic heterocycles. The van der Waals surface area contributed by atoms with Crippen LogP contribution in [0.3, 0.4) is 0 Å². The summed E-state index contributed by atoms with van der Waals surface area (Å²) in [6, 6.07) is 12.6. The van der Waals surface area contributed by atoms with Crippen LogP contribution in [0.4, 0.5) is 0 Å². The SMILES string of the molecule is CCc1ccc(-c2ccc(C(=O)N3CCC(NCC4CC4)CC3)o2)cc1. The fourth-order valence-electron chi connectivity index (χ4n) is 3.61. The molecule has 2 heterocycles. The van der Waals surface area contributed by atoms with E-state index in [9.17, 15) is 4.79 Å². The number of carbonyl (C=O) groups excluding carboxylic acids is 1. The van der Waals surface area contributed by atoms with E-state index in [1.54, 1.807) is 0 Å². The number of nitrogens with one attached hydrogen (secondary N) is 1. The predicted octanol–water partition coefficient (Wildman–Crippen LogP) is 4.11. The number of amides is 1. The van der Waals surface area contributed by atoms with Crippen molar-refractivity contribution in [3.63, 3.8) is 0 Å². The van der Waals surface area contributed by atoms with Crippen LogP contribution in [0.25, 0.3) is 11.3 Å². The summed E-state index contributed by atoms with van der Waals surface area (Å²) >= 11 is 0. The van der Waals surface area contributed by atoms with Gasteiger partial charge >= 0.3 is 0 Å². The van der Waals surface area contributed by atoms with Gasteiger partial charge in [0.2, 0.25) is 0 Å². The highest BCUT2D eigenvalue weighted by atomic mass is 16.4. The van der Waals surface area contributed by atoms with Crippen molar-refractivity contribution in [2.45, 2.75) is 45.1 Å². The summed E-state index contributed by atoms with van der Waals surface area (Å²) in [4.78, 5) is 14.7. The van der Waals surface area contributed by atoms with Crippen LogP contribution in [0.15, 0.2) is 40.8 Å². The second kappa shape index (κ2) is 7.67. The topological polar surface area (TPSA) is 45.5 Å². The summed E-state index contributed by atoms with van der Waals surface area (Å²) in [7, 11) is 0. The Bertz CT molecular complexity index is 738. The van der Waals surface area contributed by atoms with Gasteiger partial charge in [0.05, 0.1) is 0 Å². The molecule has 1 aliphatic heterocycles. The van der Waals surface area contributed by atoms with Crippen LogP contribution in [0, 0.1) is 5.92 Å². The maximum Gasteiger partial charge on any atom is 0.289 e. The highest BCUT2D eigenvalue weighted by Crippen LogP contribution is 2.28. The third kappa shape index (κ3) is 4.01. The molecule has 4 rings (SSSR count). The summed E-state index contributed by atoms with van der Waals surface area (Å²) in [6.45, 7) is 4.91. The van der Waals surface area contributed by atoms with Crippen LogP contribution < -0.4 is 5.32 Å². The zero-order valence-corrected chi connectivity index (χ0v) is 15.5. The van der Waals surface area contributed by atoms with E-state index < -0.39 is 0 Å². The number of benzene rings is 1. The highest BCUT2D eigenvalue weighted by Gasteiger charge is 2.27. The number of hydrogen-bond donors (Lipinski definition) is 1. The van der Waals surface area contributed by atoms with Gasteiger partial charge in [-0.25, -0.2) is 0 Å². The number of furan rings is 1. The van der Waals surface area contributed by atoms with Crippen LogP contribution in [0.5, 0.6) is 0 Å². The summed E-state index contributed by atoms with van der Waals surface area (Å²) in [5.74, 6) is 2.13. The third-order valence-corrected chi connectivity index (χ3v) is 5.64. The number of likely N-dealkylation sites (tertiary alicyclic amines) is 1. The molecule has 1 saturated heterocycles.